The first kappa shape index (κ1) is 9.92. The van der Waals surface area contributed by atoms with Crippen LogP contribution in [0.1, 0.15) is 32.6 Å². The highest BCUT2D eigenvalue weighted by Gasteiger charge is 2.46. The van der Waals surface area contributed by atoms with Crippen molar-refractivity contribution >= 4 is 10.1 Å². The molecule has 5 heteroatoms. The number of alkyl halides is 1. The molecule has 1 saturated carbocycles. The largest absolute Gasteiger partial charge is 0.300 e. The van der Waals surface area contributed by atoms with E-state index < -0.39 is 21.0 Å². The van der Waals surface area contributed by atoms with Crippen molar-refractivity contribution in [2.24, 2.45) is 5.92 Å². The van der Waals surface area contributed by atoms with Gasteiger partial charge in [-0.15, -0.1) is 0 Å². The third kappa shape index (κ3) is 1.61. The van der Waals surface area contributed by atoms with Crippen LogP contribution in [0.3, 0.4) is 0 Å². The van der Waals surface area contributed by atoms with Crippen LogP contribution in [-0.4, -0.2) is 18.0 Å². The van der Waals surface area contributed by atoms with Gasteiger partial charge in [-0.3, -0.25) is 4.55 Å². The number of hydrogen-bond acceptors (Lipinski definition) is 2. The van der Waals surface area contributed by atoms with Crippen LogP contribution in [0.2, 0.25) is 0 Å². The van der Waals surface area contributed by atoms with Gasteiger partial charge in [0.1, 0.15) is 0 Å². The maximum atomic E-state index is 13.5. The van der Waals surface area contributed by atoms with Gasteiger partial charge in [-0.25, -0.2) is 4.39 Å². The third-order valence-corrected chi connectivity index (χ3v) is 3.93. The first-order chi connectivity index (χ1) is 5.36. The van der Waals surface area contributed by atoms with Gasteiger partial charge in [-0.1, -0.05) is 12.8 Å². The Hall–Kier alpha value is -0.160. The summed E-state index contributed by atoms with van der Waals surface area (Å²) in [7, 11) is -4.55. The standard InChI is InChI=1S/C7H13FO3S/c1-7(8,12(9,10)11)6-4-2-3-5-6/h6H,2-5H2,1H3,(H,9,10,11). The van der Waals surface area contributed by atoms with E-state index in [1.807, 2.05) is 0 Å². The Balaban J connectivity index is 2.84. The third-order valence-electron chi connectivity index (χ3n) is 2.59. The molecule has 1 aliphatic carbocycles. The number of rotatable bonds is 2. The van der Waals surface area contributed by atoms with Crippen molar-refractivity contribution in [3.63, 3.8) is 0 Å². The fraction of sp³-hybridized carbons (Fsp3) is 1.00. The monoisotopic (exact) mass is 196 g/mol. The SMILES string of the molecule is CC(F)(C1CCCC1)S(=O)(=O)O. The molecule has 0 aromatic rings. The first-order valence-corrected chi connectivity index (χ1v) is 5.45. The van der Waals surface area contributed by atoms with E-state index in [-0.39, 0.29) is 0 Å². The van der Waals surface area contributed by atoms with Gasteiger partial charge in [0.15, 0.2) is 0 Å². The Labute approximate surface area is 71.7 Å². The second-order valence-electron chi connectivity index (χ2n) is 3.44. The summed E-state index contributed by atoms with van der Waals surface area (Å²) in [6, 6.07) is 0. The Morgan fingerprint density at radius 1 is 1.42 bits per heavy atom. The lowest BCUT2D eigenvalue weighted by molar-refractivity contribution is 0.181. The van der Waals surface area contributed by atoms with E-state index in [0.717, 1.165) is 19.8 Å². The van der Waals surface area contributed by atoms with Crippen LogP contribution in [0.5, 0.6) is 0 Å². The minimum Gasteiger partial charge on any atom is -0.283 e. The quantitative estimate of drug-likeness (QED) is 0.684. The average Bonchev–Trinajstić information content (AvgIpc) is 2.34. The zero-order valence-corrected chi connectivity index (χ0v) is 7.77. The van der Waals surface area contributed by atoms with Crippen molar-refractivity contribution in [3.8, 4) is 0 Å². The lowest BCUT2D eigenvalue weighted by atomic mass is 10.0. The Bertz CT molecular complexity index is 252. The van der Waals surface area contributed by atoms with Gasteiger partial charge in [0.2, 0.25) is 5.00 Å². The Morgan fingerprint density at radius 2 is 1.83 bits per heavy atom. The molecule has 72 valence electrons. The maximum Gasteiger partial charge on any atom is 0.300 e. The minimum atomic E-state index is -4.55. The van der Waals surface area contributed by atoms with Crippen molar-refractivity contribution in [1.82, 2.24) is 0 Å². The molecule has 1 N–H and O–H groups in total. The van der Waals surface area contributed by atoms with E-state index in [0.29, 0.717) is 12.8 Å². The van der Waals surface area contributed by atoms with E-state index in [9.17, 15) is 12.8 Å². The molecule has 1 atom stereocenters. The lowest BCUT2D eigenvalue weighted by Crippen LogP contribution is -2.36. The van der Waals surface area contributed by atoms with Crippen LogP contribution in [0.15, 0.2) is 0 Å². The zero-order chi connectivity index (χ0) is 9.41. The number of hydrogen-bond donors (Lipinski definition) is 1. The van der Waals surface area contributed by atoms with Gasteiger partial charge in [-0.05, 0) is 19.8 Å². The number of halogens is 1. The molecule has 0 aliphatic heterocycles. The van der Waals surface area contributed by atoms with Crippen molar-refractivity contribution in [3.05, 3.63) is 0 Å². The molecule has 1 rings (SSSR count). The van der Waals surface area contributed by atoms with Crippen molar-refractivity contribution in [1.29, 1.82) is 0 Å². The molecule has 0 aromatic carbocycles. The zero-order valence-electron chi connectivity index (χ0n) is 6.96. The van der Waals surface area contributed by atoms with Gasteiger partial charge < -0.3 is 0 Å². The predicted molar refractivity (Wildman–Crippen MR) is 43.0 cm³/mol. The highest BCUT2D eigenvalue weighted by molar-refractivity contribution is 7.87. The van der Waals surface area contributed by atoms with Crippen molar-refractivity contribution in [2.75, 3.05) is 0 Å². The molecule has 1 fully saturated rings. The molecular weight excluding hydrogens is 183 g/mol. The normalized spacial score (nSPS) is 25.6. The fourth-order valence-corrected chi connectivity index (χ4v) is 2.31. The summed E-state index contributed by atoms with van der Waals surface area (Å²) in [4.78, 5) is 0. The van der Waals surface area contributed by atoms with Crippen LogP contribution in [0.25, 0.3) is 0 Å². The summed E-state index contributed by atoms with van der Waals surface area (Å²) < 4.78 is 43.3. The van der Waals surface area contributed by atoms with Crippen LogP contribution >= 0.6 is 0 Å². The summed E-state index contributed by atoms with van der Waals surface area (Å²) in [6.07, 6.45) is 2.79. The Morgan fingerprint density at radius 3 is 2.17 bits per heavy atom. The van der Waals surface area contributed by atoms with Gasteiger partial charge >= 0.3 is 0 Å². The highest BCUT2D eigenvalue weighted by Crippen LogP contribution is 2.39. The topological polar surface area (TPSA) is 54.4 Å². The molecule has 0 spiro atoms. The molecule has 1 unspecified atom stereocenters. The molecule has 1 aliphatic rings. The fourth-order valence-electron chi connectivity index (χ4n) is 1.65. The Kier molecular flexibility index (Phi) is 2.45. The summed E-state index contributed by atoms with van der Waals surface area (Å²) in [5, 5.41) is -2.45. The summed E-state index contributed by atoms with van der Waals surface area (Å²) in [5.41, 5.74) is 0. The molecule has 0 amide bonds. The molecule has 0 bridgehead atoms. The van der Waals surface area contributed by atoms with E-state index in [1.165, 1.54) is 0 Å². The van der Waals surface area contributed by atoms with Gasteiger partial charge in [0, 0.05) is 5.92 Å². The van der Waals surface area contributed by atoms with Crippen LogP contribution in [-0.2, 0) is 10.1 Å². The molecule has 0 radical (unpaired) electrons. The van der Waals surface area contributed by atoms with E-state index >= 15 is 0 Å². The molecule has 0 aromatic heterocycles. The second-order valence-corrected chi connectivity index (χ2v) is 5.19. The molecule has 0 saturated heterocycles. The second kappa shape index (κ2) is 2.96. The molecule has 0 heterocycles. The highest BCUT2D eigenvalue weighted by atomic mass is 32.2. The summed E-state index contributed by atoms with van der Waals surface area (Å²) >= 11 is 0. The lowest BCUT2D eigenvalue weighted by Gasteiger charge is -2.23. The van der Waals surface area contributed by atoms with Gasteiger partial charge in [0.05, 0.1) is 0 Å². The van der Waals surface area contributed by atoms with E-state index in [2.05, 4.69) is 0 Å². The van der Waals surface area contributed by atoms with Crippen LogP contribution < -0.4 is 0 Å². The van der Waals surface area contributed by atoms with Crippen LogP contribution in [0.4, 0.5) is 4.39 Å². The minimum absolute atomic E-state index is 0.535. The van der Waals surface area contributed by atoms with Gasteiger partial charge in [0.25, 0.3) is 10.1 Å². The summed E-state index contributed by atoms with van der Waals surface area (Å²) in [5.74, 6) is -0.535. The smallest absolute Gasteiger partial charge is 0.283 e. The van der Waals surface area contributed by atoms with E-state index in [4.69, 9.17) is 4.55 Å². The maximum absolute atomic E-state index is 13.5. The van der Waals surface area contributed by atoms with Gasteiger partial charge in [-0.2, -0.15) is 8.42 Å². The molecular formula is C7H13FO3S. The molecule has 3 nitrogen and oxygen atoms in total. The molecule has 12 heavy (non-hydrogen) atoms. The average molecular weight is 196 g/mol. The predicted octanol–water partition coefficient (Wildman–Crippen LogP) is 1.75. The van der Waals surface area contributed by atoms with Crippen molar-refractivity contribution < 1.29 is 17.4 Å². The first-order valence-electron chi connectivity index (χ1n) is 4.01. The summed E-state index contributed by atoms with van der Waals surface area (Å²) in [6.45, 7) is 0.943. The van der Waals surface area contributed by atoms with E-state index in [1.54, 1.807) is 0 Å². The van der Waals surface area contributed by atoms with Crippen LogP contribution in [0, 0.1) is 5.92 Å². The van der Waals surface area contributed by atoms with Crippen molar-refractivity contribution in [2.45, 2.75) is 37.6 Å².